The van der Waals surface area contributed by atoms with E-state index in [0.29, 0.717) is 22.8 Å². The van der Waals surface area contributed by atoms with Crippen molar-refractivity contribution in [1.82, 2.24) is 15.0 Å². The van der Waals surface area contributed by atoms with Gasteiger partial charge in [0, 0.05) is 16.6 Å². The number of benzene rings is 1. The topological polar surface area (TPSA) is 42.2 Å². The molecule has 1 aromatic carbocycles. The average Bonchev–Trinajstić information content (AvgIpc) is 2.90. The van der Waals surface area contributed by atoms with Gasteiger partial charge in [-0.05, 0) is 38.4 Å². The lowest BCUT2D eigenvalue weighted by Crippen LogP contribution is -2.36. The Labute approximate surface area is 123 Å². The van der Waals surface area contributed by atoms with E-state index in [1.54, 1.807) is 0 Å². The van der Waals surface area contributed by atoms with Gasteiger partial charge in [0.2, 0.25) is 11.7 Å². The molecule has 0 N–H and O–H groups in total. The van der Waals surface area contributed by atoms with Crippen molar-refractivity contribution >= 4 is 11.6 Å². The maximum absolute atomic E-state index is 5.98. The third kappa shape index (κ3) is 3.02. The van der Waals surface area contributed by atoms with Gasteiger partial charge in [-0.15, -0.1) is 0 Å². The Kier molecular flexibility index (Phi) is 4.03. The smallest absolute Gasteiger partial charge is 0.241 e. The molecule has 1 aliphatic rings. The molecule has 0 aliphatic carbocycles. The van der Waals surface area contributed by atoms with E-state index in [2.05, 4.69) is 22.0 Å². The molecular formula is C15H18ClN3O. The Morgan fingerprint density at radius 1 is 1.40 bits per heavy atom. The number of likely N-dealkylation sites (tertiary alicyclic amines) is 1. The van der Waals surface area contributed by atoms with Crippen LogP contribution in [0.5, 0.6) is 0 Å². The highest BCUT2D eigenvalue weighted by molar-refractivity contribution is 6.30. The number of rotatable bonds is 3. The van der Waals surface area contributed by atoms with E-state index in [1.807, 2.05) is 24.3 Å². The summed E-state index contributed by atoms with van der Waals surface area (Å²) in [5.74, 6) is 1.28. The summed E-state index contributed by atoms with van der Waals surface area (Å²) in [5.41, 5.74) is 0.888. The van der Waals surface area contributed by atoms with Crippen LogP contribution in [0, 0.1) is 0 Å². The molecule has 1 atom stereocenters. The van der Waals surface area contributed by atoms with Crippen molar-refractivity contribution in [3.05, 3.63) is 35.2 Å². The number of halogens is 1. The molecule has 1 unspecified atom stereocenters. The Hall–Kier alpha value is -1.39. The summed E-state index contributed by atoms with van der Waals surface area (Å²) < 4.78 is 5.36. The molecule has 0 saturated carbocycles. The van der Waals surface area contributed by atoms with Gasteiger partial charge in [-0.3, -0.25) is 4.90 Å². The molecule has 5 heteroatoms. The molecule has 106 valence electrons. The van der Waals surface area contributed by atoms with Crippen molar-refractivity contribution < 1.29 is 4.52 Å². The maximum atomic E-state index is 5.98. The van der Waals surface area contributed by atoms with Gasteiger partial charge in [0.25, 0.3) is 0 Å². The first-order chi connectivity index (χ1) is 9.72. The highest BCUT2D eigenvalue weighted by Crippen LogP contribution is 2.22. The highest BCUT2D eigenvalue weighted by atomic mass is 35.5. The molecule has 0 amide bonds. The molecule has 0 spiro atoms. The van der Waals surface area contributed by atoms with Crippen molar-refractivity contribution in [2.45, 2.75) is 38.8 Å². The van der Waals surface area contributed by atoms with E-state index in [0.717, 1.165) is 18.7 Å². The molecule has 2 aromatic rings. The molecule has 1 fully saturated rings. The van der Waals surface area contributed by atoms with E-state index in [4.69, 9.17) is 16.1 Å². The SMILES string of the molecule is CC1CCCCN1Cc1nc(-c2cccc(Cl)c2)no1. The number of hydrogen-bond donors (Lipinski definition) is 0. The summed E-state index contributed by atoms with van der Waals surface area (Å²) >= 11 is 5.98. The van der Waals surface area contributed by atoms with Gasteiger partial charge in [0.15, 0.2) is 0 Å². The molecule has 4 nitrogen and oxygen atoms in total. The zero-order chi connectivity index (χ0) is 13.9. The molecule has 1 saturated heterocycles. The van der Waals surface area contributed by atoms with Crippen molar-refractivity contribution in [1.29, 1.82) is 0 Å². The van der Waals surface area contributed by atoms with Gasteiger partial charge in [-0.2, -0.15) is 4.98 Å². The molecular weight excluding hydrogens is 274 g/mol. The number of nitrogens with zero attached hydrogens (tertiary/aromatic N) is 3. The second kappa shape index (κ2) is 5.94. The molecule has 1 aliphatic heterocycles. The van der Waals surface area contributed by atoms with Crippen LogP contribution < -0.4 is 0 Å². The zero-order valence-corrected chi connectivity index (χ0v) is 12.3. The number of hydrogen-bond acceptors (Lipinski definition) is 4. The monoisotopic (exact) mass is 291 g/mol. The summed E-state index contributed by atoms with van der Waals surface area (Å²) in [6.45, 7) is 4.10. The van der Waals surface area contributed by atoms with Gasteiger partial charge in [0.1, 0.15) is 0 Å². The number of piperidine rings is 1. The van der Waals surface area contributed by atoms with Crippen LogP contribution in [0.15, 0.2) is 28.8 Å². The van der Waals surface area contributed by atoms with Crippen molar-refractivity contribution in [3.63, 3.8) is 0 Å². The normalized spacial score (nSPS) is 20.2. The minimum atomic E-state index is 0.588. The van der Waals surface area contributed by atoms with E-state index in [-0.39, 0.29) is 0 Å². The van der Waals surface area contributed by atoms with E-state index < -0.39 is 0 Å². The van der Waals surface area contributed by atoms with Crippen LogP contribution in [0.1, 0.15) is 32.1 Å². The van der Waals surface area contributed by atoms with Gasteiger partial charge in [-0.25, -0.2) is 0 Å². The summed E-state index contributed by atoms with van der Waals surface area (Å²) in [5, 5.41) is 4.73. The van der Waals surface area contributed by atoms with Crippen LogP contribution in [0.3, 0.4) is 0 Å². The van der Waals surface area contributed by atoms with Gasteiger partial charge in [0.05, 0.1) is 6.54 Å². The van der Waals surface area contributed by atoms with Gasteiger partial charge < -0.3 is 4.52 Å². The standard InChI is InChI=1S/C15H18ClN3O/c1-11-5-2-3-8-19(11)10-14-17-15(18-20-14)12-6-4-7-13(16)9-12/h4,6-7,9,11H,2-3,5,8,10H2,1H3. The lowest BCUT2D eigenvalue weighted by Gasteiger charge is -2.31. The van der Waals surface area contributed by atoms with Gasteiger partial charge >= 0.3 is 0 Å². The predicted octanol–water partition coefficient (Wildman–Crippen LogP) is 3.76. The maximum Gasteiger partial charge on any atom is 0.241 e. The van der Waals surface area contributed by atoms with Crippen LogP contribution in [-0.2, 0) is 6.54 Å². The first-order valence-corrected chi connectivity index (χ1v) is 7.43. The van der Waals surface area contributed by atoms with Gasteiger partial charge in [-0.1, -0.05) is 35.3 Å². The third-order valence-corrected chi connectivity index (χ3v) is 4.06. The molecule has 1 aromatic heterocycles. The van der Waals surface area contributed by atoms with E-state index >= 15 is 0 Å². The van der Waals surface area contributed by atoms with E-state index in [1.165, 1.54) is 19.3 Å². The van der Waals surface area contributed by atoms with Crippen molar-refractivity contribution in [3.8, 4) is 11.4 Å². The Morgan fingerprint density at radius 3 is 3.10 bits per heavy atom. The van der Waals surface area contributed by atoms with Crippen LogP contribution in [0.4, 0.5) is 0 Å². The molecule has 2 heterocycles. The summed E-state index contributed by atoms with van der Waals surface area (Å²) in [4.78, 5) is 6.87. The fraction of sp³-hybridized carbons (Fsp3) is 0.467. The largest absolute Gasteiger partial charge is 0.338 e. The first kappa shape index (κ1) is 13.6. The van der Waals surface area contributed by atoms with Crippen LogP contribution in [0.2, 0.25) is 5.02 Å². The lowest BCUT2D eigenvalue weighted by atomic mass is 10.0. The predicted molar refractivity (Wildman–Crippen MR) is 78.5 cm³/mol. The number of aromatic nitrogens is 2. The fourth-order valence-electron chi connectivity index (χ4n) is 2.63. The Morgan fingerprint density at radius 2 is 2.30 bits per heavy atom. The quantitative estimate of drug-likeness (QED) is 0.863. The molecule has 20 heavy (non-hydrogen) atoms. The van der Waals surface area contributed by atoms with E-state index in [9.17, 15) is 0 Å². The van der Waals surface area contributed by atoms with Crippen molar-refractivity contribution in [2.24, 2.45) is 0 Å². The fourth-order valence-corrected chi connectivity index (χ4v) is 2.82. The first-order valence-electron chi connectivity index (χ1n) is 7.05. The minimum absolute atomic E-state index is 0.588. The zero-order valence-electron chi connectivity index (χ0n) is 11.6. The summed E-state index contributed by atoms with van der Waals surface area (Å²) in [6.07, 6.45) is 3.81. The second-order valence-electron chi connectivity index (χ2n) is 5.34. The van der Waals surface area contributed by atoms with Crippen LogP contribution >= 0.6 is 11.6 Å². The Bertz CT molecular complexity index is 584. The average molecular weight is 292 g/mol. The Balaban J connectivity index is 1.73. The van der Waals surface area contributed by atoms with Crippen LogP contribution in [0.25, 0.3) is 11.4 Å². The third-order valence-electron chi connectivity index (χ3n) is 3.83. The minimum Gasteiger partial charge on any atom is -0.338 e. The molecule has 3 rings (SSSR count). The molecule has 0 bridgehead atoms. The summed E-state index contributed by atoms with van der Waals surface area (Å²) in [6, 6.07) is 8.09. The summed E-state index contributed by atoms with van der Waals surface area (Å²) in [7, 11) is 0. The second-order valence-corrected chi connectivity index (χ2v) is 5.77. The molecule has 0 radical (unpaired) electrons. The van der Waals surface area contributed by atoms with Crippen LogP contribution in [-0.4, -0.2) is 27.6 Å². The lowest BCUT2D eigenvalue weighted by molar-refractivity contribution is 0.135. The van der Waals surface area contributed by atoms with Crippen molar-refractivity contribution in [2.75, 3.05) is 6.54 Å². The highest BCUT2D eigenvalue weighted by Gasteiger charge is 2.20.